The van der Waals surface area contributed by atoms with Crippen molar-refractivity contribution in [3.63, 3.8) is 0 Å². The molecule has 0 saturated heterocycles. The smallest absolute Gasteiger partial charge is 0.294 e. The number of amides is 1. The first-order valence-corrected chi connectivity index (χ1v) is 13.0. The summed E-state index contributed by atoms with van der Waals surface area (Å²) in [5.41, 5.74) is 3.31. The van der Waals surface area contributed by atoms with Crippen LogP contribution in [-0.2, 0) is 6.61 Å². The van der Waals surface area contributed by atoms with E-state index < -0.39 is 0 Å². The molecule has 0 radical (unpaired) electrons. The first kappa shape index (κ1) is 25.3. The Morgan fingerprint density at radius 2 is 1.80 bits per heavy atom. The third kappa shape index (κ3) is 5.02. The fourth-order valence-corrected chi connectivity index (χ4v) is 4.87. The highest BCUT2D eigenvalue weighted by molar-refractivity contribution is 7.18. The minimum Gasteiger partial charge on any atom is -0.497 e. The van der Waals surface area contributed by atoms with Crippen molar-refractivity contribution in [3.05, 3.63) is 84.1 Å². The number of nitrogens with zero attached hydrogens (tertiary/aromatic N) is 3. The average molecular weight is 557 g/mol. The van der Waals surface area contributed by atoms with Gasteiger partial charge in [0.15, 0.2) is 5.76 Å². The predicted octanol–water partition coefficient (Wildman–Crippen LogP) is 6.06. The summed E-state index contributed by atoms with van der Waals surface area (Å²) in [5, 5.41) is 8.56. The van der Waals surface area contributed by atoms with E-state index in [0.717, 1.165) is 10.9 Å². The van der Waals surface area contributed by atoms with E-state index in [0.29, 0.717) is 55.7 Å². The molecule has 3 aromatic heterocycles. The number of methoxy groups -OCH3 is 3. The lowest BCUT2D eigenvalue weighted by molar-refractivity contribution is 0.102. The highest BCUT2D eigenvalue weighted by Crippen LogP contribution is 2.37. The number of anilines is 1. The second-order valence-corrected chi connectivity index (χ2v) is 9.66. The number of benzene rings is 3. The van der Waals surface area contributed by atoms with E-state index in [2.05, 4.69) is 15.4 Å². The van der Waals surface area contributed by atoms with Crippen LogP contribution in [0.4, 0.5) is 5.69 Å². The van der Waals surface area contributed by atoms with Crippen LogP contribution in [0.15, 0.2) is 77.3 Å². The molecular weight excluding hydrogens is 532 g/mol. The van der Waals surface area contributed by atoms with Crippen molar-refractivity contribution < 1.29 is 28.2 Å². The van der Waals surface area contributed by atoms with Crippen molar-refractivity contribution in [1.82, 2.24) is 14.6 Å². The lowest BCUT2D eigenvalue weighted by atomic mass is 10.1. The Morgan fingerprint density at radius 3 is 2.55 bits per heavy atom. The highest BCUT2D eigenvalue weighted by atomic mass is 32.1. The number of fused-ring (bicyclic) bond motifs is 2. The summed E-state index contributed by atoms with van der Waals surface area (Å²) in [6.07, 6.45) is 1.79. The largest absolute Gasteiger partial charge is 0.497 e. The standard InChI is InChI=1S/C29H24N4O6S/c1-35-20-9-7-18(8-10-20)27(34)30-19-6-4-5-17(11-19)16-38-24-12-21(36-2)13-25-22(24)14-26(39-25)23-15-33-28(31-23)40-29(32-33)37-3/h4-15H,16H2,1-3H3,(H,30,34). The highest BCUT2D eigenvalue weighted by Gasteiger charge is 2.17. The predicted molar refractivity (Wildman–Crippen MR) is 151 cm³/mol. The zero-order chi connectivity index (χ0) is 27.6. The Labute approximate surface area is 232 Å². The first-order valence-electron chi connectivity index (χ1n) is 12.2. The number of nitrogens with one attached hydrogen (secondary N) is 1. The fourth-order valence-electron chi connectivity index (χ4n) is 4.17. The number of furan rings is 1. The molecule has 10 nitrogen and oxygen atoms in total. The summed E-state index contributed by atoms with van der Waals surface area (Å²) in [5.74, 6) is 2.25. The minimum absolute atomic E-state index is 0.214. The van der Waals surface area contributed by atoms with E-state index in [1.165, 1.54) is 11.3 Å². The molecule has 0 atom stereocenters. The van der Waals surface area contributed by atoms with Crippen LogP contribution in [0.3, 0.4) is 0 Å². The van der Waals surface area contributed by atoms with E-state index in [4.69, 9.17) is 23.4 Å². The topological polar surface area (TPSA) is 109 Å². The molecule has 0 aliphatic rings. The monoisotopic (exact) mass is 556 g/mol. The van der Waals surface area contributed by atoms with Gasteiger partial charge < -0.3 is 28.7 Å². The molecule has 0 saturated carbocycles. The average Bonchev–Trinajstić information content (AvgIpc) is 3.69. The molecule has 3 aromatic carbocycles. The molecule has 6 aromatic rings. The summed E-state index contributed by atoms with van der Waals surface area (Å²) in [7, 11) is 4.75. The van der Waals surface area contributed by atoms with Crippen molar-refractivity contribution in [3.8, 4) is 33.9 Å². The van der Waals surface area contributed by atoms with Crippen LogP contribution in [0.25, 0.3) is 27.4 Å². The van der Waals surface area contributed by atoms with Crippen molar-refractivity contribution in [2.24, 2.45) is 0 Å². The fraction of sp³-hybridized carbons (Fsp3) is 0.138. The summed E-state index contributed by atoms with van der Waals surface area (Å²) < 4.78 is 29.8. The summed E-state index contributed by atoms with van der Waals surface area (Å²) in [4.78, 5) is 18.0. The van der Waals surface area contributed by atoms with E-state index >= 15 is 0 Å². The van der Waals surface area contributed by atoms with Crippen LogP contribution in [0.2, 0.25) is 0 Å². The molecular formula is C29H24N4O6S. The number of carbonyl (C=O) groups excluding carboxylic acids is 1. The summed E-state index contributed by atoms with van der Waals surface area (Å²) >= 11 is 1.34. The van der Waals surface area contributed by atoms with Gasteiger partial charge in [0.25, 0.3) is 11.1 Å². The van der Waals surface area contributed by atoms with Gasteiger partial charge in [-0.2, -0.15) is 0 Å². The Hall–Kier alpha value is -5.03. The van der Waals surface area contributed by atoms with Crippen molar-refractivity contribution in [2.45, 2.75) is 6.61 Å². The normalized spacial score (nSPS) is 11.1. The van der Waals surface area contributed by atoms with Gasteiger partial charge in [-0.3, -0.25) is 4.79 Å². The van der Waals surface area contributed by atoms with Gasteiger partial charge >= 0.3 is 0 Å². The molecule has 0 fully saturated rings. The molecule has 6 rings (SSSR count). The lowest BCUT2D eigenvalue weighted by Gasteiger charge is -2.11. The molecule has 0 unspecified atom stereocenters. The van der Waals surface area contributed by atoms with E-state index in [9.17, 15) is 4.79 Å². The zero-order valence-corrected chi connectivity index (χ0v) is 22.7. The van der Waals surface area contributed by atoms with Gasteiger partial charge in [-0.25, -0.2) is 9.50 Å². The molecule has 0 aliphatic carbocycles. The van der Waals surface area contributed by atoms with Crippen LogP contribution >= 0.6 is 11.3 Å². The maximum Gasteiger partial charge on any atom is 0.294 e. The molecule has 40 heavy (non-hydrogen) atoms. The molecule has 202 valence electrons. The van der Waals surface area contributed by atoms with Crippen molar-refractivity contribution in [1.29, 1.82) is 0 Å². The van der Waals surface area contributed by atoms with Crippen molar-refractivity contribution in [2.75, 3.05) is 26.6 Å². The number of hydrogen-bond donors (Lipinski definition) is 1. The Morgan fingerprint density at radius 1 is 0.975 bits per heavy atom. The zero-order valence-electron chi connectivity index (χ0n) is 21.8. The van der Waals surface area contributed by atoms with Gasteiger partial charge in [-0.1, -0.05) is 12.1 Å². The number of imidazole rings is 1. The number of hydrogen-bond acceptors (Lipinski definition) is 9. The Bertz CT molecular complexity index is 1790. The van der Waals surface area contributed by atoms with Crippen molar-refractivity contribution >= 4 is 38.9 Å². The lowest BCUT2D eigenvalue weighted by Crippen LogP contribution is -2.12. The number of carbonyl (C=O) groups is 1. The SMILES string of the molecule is COc1ccc(C(=O)Nc2cccc(COc3cc(OC)cc4oc(-c5cn6nc(OC)sc6n5)cc34)c2)cc1. The molecule has 1 N–H and O–H groups in total. The van der Waals surface area contributed by atoms with Gasteiger partial charge in [-0.15, -0.1) is 5.10 Å². The van der Waals surface area contributed by atoms with Gasteiger partial charge in [0.05, 0.1) is 32.9 Å². The Kier molecular flexibility index (Phi) is 6.71. The molecule has 0 aliphatic heterocycles. The second-order valence-electron chi connectivity index (χ2n) is 8.75. The van der Waals surface area contributed by atoms with Gasteiger partial charge in [0, 0.05) is 23.4 Å². The Balaban J connectivity index is 1.21. The maximum atomic E-state index is 12.7. The maximum absolute atomic E-state index is 12.7. The number of aromatic nitrogens is 3. The summed E-state index contributed by atoms with van der Waals surface area (Å²) in [6, 6.07) is 19.9. The van der Waals surface area contributed by atoms with E-state index in [1.807, 2.05) is 36.4 Å². The second kappa shape index (κ2) is 10.6. The molecule has 3 heterocycles. The van der Waals surface area contributed by atoms with Crippen LogP contribution in [0.1, 0.15) is 15.9 Å². The van der Waals surface area contributed by atoms with E-state index in [1.54, 1.807) is 62.4 Å². The molecule has 1 amide bonds. The third-order valence-electron chi connectivity index (χ3n) is 6.19. The van der Waals surface area contributed by atoms with E-state index in [-0.39, 0.29) is 12.5 Å². The molecule has 0 spiro atoms. The van der Waals surface area contributed by atoms with Crippen LogP contribution in [0, 0.1) is 0 Å². The van der Waals surface area contributed by atoms with Crippen LogP contribution < -0.4 is 24.3 Å². The summed E-state index contributed by atoms with van der Waals surface area (Å²) in [6.45, 7) is 0.263. The van der Waals surface area contributed by atoms with Gasteiger partial charge in [-0.05, 0) is 59.4 Å². The molecule has 0 bridgehead atoms. The molecule has 11 heteroatoms. The van der Waals surface area contributed by atoms with Crippen LogP contribution in [-0.4, -0.2) is 41.8 Å². The third-order valence-corrected chi connectivity index (χ3v) is 7.08. The first-order chi connectivity index (χ1) is 19.5. The van der Waals surface area contributed by atoms with Gasteiger partial charge in [0.2, 0.25) is 4.96 Å². The minimum atomic E-state index is -0.214. The van der Waals surface area contributed by atoms with Crippen LogP contribution in [0.5, 0.6) is 22.4 Å². The van der Waals surface area contributed by atoms with Gasteiger partial charge in [0.1, 0.15) is 35.1 Å². The quantitative estimate of drug-likeness (QED) is 0.229. The number of rotatable bonds is 9. The number of ether oxygens (including phenoxy) is 4.